The number of rotatable bonds is 7. The smallest absolute Gasteiger partial charge is 0.422 e. The molecule has 2 aromatic carbocycles. The molecule has 2 aromatic rings. The lowest BCUT2D eigenvalue weighted by atomic mass is 10.2. The van der Waals surface area contributed by atoms with E-state index < -0.39 is 18.8 Å². The summed E-state index contributed by atoms with van der Waals surface area (Å²) < 4.78 is 46.3. The van der Waals surface area contributed by atoms with Gasteiger partial charge in [0.2, 0.25) is 0 Å². The number of urea groups is 1. The number of hydrogen-bond donors (Lipinski definition) is 2. The van der Waals surface area contributed by atoms with Crippen LogP contribution in [0.4, 0.5) is 23.7 Å². The summed E-state index contributed by atoms with van der Waals surface area (Å²) in [5.74, 6) is 0.0919. The molecule has 5 nitrogen and oxygen atoms in total. The van der Waals surface area contributed by atoms with E-state index in [1.807, 2.05) is 6.07 Å². The van der Waals surface area contributed by atoms with Gasteiger partial charge in [-0.15, -0.1) is 0 Å². The number of carbonyl (C=O) groups excluding carboxylic acids is 1. The SMILES string of the molecule is COCc1cccc(NC(=O)NCc2cccc(OCC(F)(F)F)c2)c1. The molecule has 2 N–H and O–H groups in total. The summed E-state index contributed by atoms with van der Waals surface area (Å²) >= 11 is 0. The minimum Gasteiger partial charge on any atom is -0.484 e. The number of amides is 2. The van der Waals surface area contributed by atoms with Gasteiger partial charge in [0.1, 0.15) is 5.75 Å². The maximum absolute atomic E-state index is 12.2. The van der Waals surface area contributed by atoms with Gasteiger partial charge in [-0.1, -0.05) is 24.3 Å². The fourth-order valence-corrected chi connectivity index (χ4v) is 2.17. The molecule has 2 amide bonds. The van der Waals surface area contributed by atoms with Crippen molar-refractivity contribution in [1.82, 2.24) is 5.32 Å². The Balaban J connectivity index is 1.86. The van der Waals surface area contributed by atoms with Gasteiger partial charge in [-0.05, 0) is 35.4 Å². The first kappa shape index (κ1) is 19.6. The van der Waals surface area contributed by atoms with Crippen LogP contribution in [0.1, 0.15) is 11.1 Å². The molecule has 2 rings (SSSR count). The number of anilines is 1. The van der Waals surface area contributed by atoms with Crippen molar-refractivity contribution in [2.24, 2.45) is 0 Å². The zero-order valence-corrected chi connectivity index (χ0v) is 14.1. The molecule has 0 saturated heterocycles. The molecule has 0 radical (unpaired) electrons. The first-order chi connectivity index (χ1) is 12.4. The average molecular weight is 368 g/mol. The minimum atomic E-state index is -4.40. The highest BCUT2D eigenvalue weighted by molar-refractivity contribution is 5.89. The van der Waals surface area contributed by atoms with Crippen molar-refractivity contribution >= 4 is 11.7 Å². The van der Waals surface area contributed by atoms with Gasteiger partial charge in [0.15, 0.2) is 6.61 Å². The molecule has 140 valence electrons. The summed E-state index contributed by atoms with van der Waals surface area (Å²) in [5.41, 5.74) is 2.15. The largest absolute Gasteiger partial charge is 0.484 e. The van der Waals surface area contributed by atoms with Crippen LogP contribution < -0.4 is 15.4 Å². The van der Waals surface area contributed by atoms with Crippen LogP contribution in [0.15, 0.2) is 48.5 Å². The summed E-state index contributed by atoms with van der Waals surface area (Å²) in [7, 11) is 1.58. The second-order valence-electron chi connectivity index (χ2n) is 5.49. The van der Waals surface area contributed by atoms with Crippen LogP contribution in [0.2, 0.25) is 0 Å². The third-order valence-electron chi connectivity index (χ3n) is 3.25. The fourth-order valence-electron chi connectivity index (χ4n) is 2.17. The average Bonchev–Trinajstić information content (AvgIpc) is 2.59. The van der Waals surface area contributed by atoms with Crippen LogP contribution in [0.3, 0.4) is 0 Å². The number of ether oxygens (including phenoxy) is 2. The highest BCUT2D eigenvalue weighted by atomic mass is 19.4. The molecule has 26 heavy (non-hydrogen) atoms. The number of alkyl halides is 3. The Morgan fingerprint density at radius 3 is 2.54 bits per heavy atom. The molecule has 0 aliphatic rings. The fraction of sp³-hybridized carbons (Fsp3) is 0.278. The molecule has 0 spiro atoms. The summed E-state index contributed by atoms with van der Waals surface area (Å²) in [4.78, 5) is 12.0. The van der Waals surface area contributed by atoms with Crippen molar-refractivity contribution in [3.63, 3.8) is 0 Å². The minimum absolute atomic E-state index is 0.0919. The van der Waals surface area contributed by atoms with E-state index >= 15 is 0 Å². The Bertz CT molecular complexity index is 736. The van der Waals surface area contributed by atoms with Crippen LogP contribution in [-0.2, 0) is 17.9 Å². The number of halogens is 3. The van der Waals surface area contributed by atoms with Gasteiger partial charge in [-0.3, -0.25) is 0 Å². The number of nitrogens with one attached hydrogen (secondary N) is 2. The number of benzene rings is 2. The molecule has 0 unspecified atom stereocenters. The maximum atomic E-state index is 12.2. The molecule has 0 fully saturated rings. The van der Waals surface area contributed by atoms with Crippen LogP contribution in [0, 0.1) is 0 Å². The maximum Gasteiger partial charge on any atom is 0.422 e. The molecule has 0 aliphatic heterocycles. The molecule has 0 aromatic heterocycles. The quantitative estimate of drug-likeness (QED) is 0.774. The Morgan fingerprint density at radius 1 is 1.08 bits per heavy atom. The summed E-state index contributed by atoms with van der Waals surface area (Å²) in [6, 6.07) is 12.9. The van der Waals surface area contributed by atoms with Crippen LogP contribution in [0.25, 0.3) is 0 Å². The molecule has 0 bridgehead atoms. The van der Waals surface area contributed by atoms with Gasteiger partial charge >= 0.3 is 12.2 Å². The zero-order valence-electron chi connectivity index (χ0n) is 14.1. The van der Waals surface area contributed by atoms with Crippen LogP contribution in [-0.4, -0.2) is 25.9 Å². The van der Waals surface area contributed by atoms with E-state index in [0.29, 0.717) is 17.9 Å². The number of hydrogen-bond acceptors (Lipinski definition) is 3. The number of carbonyl (C=O) groups is 1. The van der Waals surface area contributed by atoms with Gasteiger partial charge in [0.05, 0.1) is 6.61 Å². The molecule has 0 saturated carbocycles. The normalized spacial score (nSPS) is 11.1. The third kappa shape index (κ3) is 7.02. The Labute approximate surface area is 149 Å². The molecular formula is C18H19F3N2O3. The van der Waals surface area contributed by atoms with Crippen LogP contribution >= 0.6 is 0 Å². The molecule has 0 aliphatic carbocycles. The van der Waals surface area contributed by atoms with E-state index in [1.54, 1.807) is 37.4 Å². The van der Waals surface area contributed by atoms with Crippen molar-refractivity contribution in [3.05, 3.63) is 59.7 Å². The molecule has 0 atom stereocenters. The summed E-state index contributed by atoms with van der Waals surface area (Å²) in [5, 5.41) is 5.32. The summed E-state index contributed by atoms with van der Waals surface area (Å²) in [6.45, 7) is -0.781. The molecule has 0 heterocycles. The lowest BCUT2D eigenvalue weighted by Crippen LogP contribution is -2.28. The predicted molar refractivity (Wildman–Crippen MR) is 91.0 cm³/mol. The number of methoxy groups -OCH3 is 1. The second kappa shape index (κ2) is 9.10. The van der Waals surface area contributed by atoms with E-state index in [1.165, 1.54) is 12.1 Å². The standard InChI is InChI=1S/C18H19F3N2O3/c1-25-11-14-5-2-6-15(8-14)23-17(24)22-10-13-4-3-7-16(9-13)26-12-18(19,20)21/h2-9H,10-12H2,1H3,(H2,22,23,24). The predicted octanol–water partition coefficient (Wildman–Crippen LogP) is 4.10. The van der Waals surface area contributed by atoms with Gasteiger partial charge in [-0.25, -0.2) is 4.79 Å². The lowest BCUT2D eigenvalue weighted by molar-refractivity contribution is -0.153. The molecular weight excluding hydrogens is 349 g/mol. The van der Waals surface area contributed by atoms with Crippen LogP contribution in [0.5, 0.6) is 5.75 Å². The van der Waals surface area contributed by atoms with Crippen molar-refractivity contribution < 1.29 is 27.4 Å². The lowest BCUT2D eigenvalue weighted by Gasteiger charge is -2.11. The Hall–Kier alpha value is -2.74. The van der Waals surface area contributed by atoms with Crippen molar-refractivity contribution in [1.29, 1.82) is 0 Å². The van der Waals surface area contributed by atoms with Crippen molar-refractivity contribution in [2.45, 2.75) is 19.3 Å². The van der Waals surface area contributed by atoms with Gasteiger partial charge in [0, 0.05) is 19.3 Å². The highest BCUT2D eigenvalue weighted by Crippen LogP contribution is 2.19. The van der Waals surface area contributed by atoms with Crippen molar-refractivity contribution in [3.8, 4) is 5.75 Å². The topological polar surface area (TPSA) is 59.6 Å². The molecule has 8 heteroatoms. The zero-order chi connectivity index (χ0) is 19.0. The van der Waals surface area contributed by atoms with E-state index in [9.17, 15) is 18.0 Å². The highest BCUT2D eigenvalue weighted by Gasteiger charge is 2.28. The first-order valence-electron chi connectivity index (χ1n) is 7.77. The van der Waals surface area contributed by atoms with Gasteiger partial charge < -0.3 is 20.1 Å². The van der Waals surface area contributed by atoms with Crippen molar-refractivity contribution in [2.75, 3.05) is 19.0 Å². The van der Waals surface area contributed by atoms with E-state index in [4.69, 9.17) is 4.74 Å². The first-order valence-corrected chi connectivity index (χ1v) is 7.77. The van der Waals surface area contributed by atoms with E-state index in [2.05, 4.69) is 15.4 Å². The Kier molecular flexibility index (Phi) is 6.85. The second-order valence-corrected chi connectivity index (χ2v) is 5.49. The Morgan fingerprint density at radius 2 is 1.81 bits per heavy atom. The monoisotopic (exact) mass is 368 g/mol. The van der Waals surface area contributed by atoms with Gasteiger partial charge in [-0.2, -0.15) is 13.2 Å². The summed E-state index contributed by atoms with van der Waals surface area (Å²) in [6.07, 6.45) is -4.40. The van der Waals surface area contributed by atoms with E-state index in [-0.39, 0.29) is 12.3 Å². The van der Waals surface area contributed by atoms with E-state index in [0.717, 1.165) is 5.56 Å². The third-order valence-corrected chi connectivity index (χ3v) is 3.25. The van der Waals surface area contributed by atoms with Gasteiger partial charge in [0.25, 0.3) is 0 Å².